The number of thiophene rings is 1. The minimum Gasteiger partial charge on any atom is -0.312 e. The summed E-state index contributed by atoms with van der Waals surface area (Å²) in [7, 11) is 0. The molecule has 0 spiro atoms. The maximum Gasteiger partial charge on any atom is 0.149 e. The van der Waals surface area contributed by atoms with Gasteiger partial charge in [0, 0.05) is 28.8 Å². The molecule has 2 aromatic rings. The first-order valence-electron chi connectivity index (χ1n) is 5.20. The van der Waals surface area contributed by atoms with Gasteiger partial charge in [-0.15, -0.1) is 22.7 Å². The Bertz CT molecular complexity index is 332. The molecule has 0 unspecified atom stereocenters. The minimum absolute atomic E-state index is 1.000. The number of aromatic nitrogens is 1. The molecule has 0 radical (unpaired) electrons. The lowest BCUT2D eigenvalue weighted by atomic mass is 10.4. The van der Waals surface area contributed by atoms with E-state index >= 15 is 0 Å². The number of hydrogen-bond acceptors (Lipinski definition) is 5. The quantitative estimate of drug-likeness (QED) is 0.616. The van der Waals surface area contributed by atoms with Gasteiger partial charge >= 0.3 is 0 Å². The fraction of sp³-hybridized carbons (Fsp3) is 0.364. The van der Waals surface area contributed by atoms with Gasteiger partial charge in [0.2, 0.25) is 0 Å². The molecule has 2 aromatic heterocycles. The molecule has 0 aliphatic heterocycles. The van der Waals surface area contributed by atoms with Crippen molar-refractivity contribution in [2.45, 2.75) is 17.3 Å². The molecule has 0 fully saturated rings. The molecule has 2 nitrogen and oxygen atoms in total. The monoisotopic (exact) mass is 270 g/mol. The molecule has 0 saturated carbocycles. The number of thioether (sulfide) groups is 1. The molecule has 1 N–H and O–H groups in total. The minimum atomic E-state index is 1.000. The SMILES string of the molecule is c1csc(CNCCCSc2nccs2)c1. The van der Waals surface area contributed by atoms with E-state index in [4.69, 9.17) is 0 Å². The molecule has 0 aromatic carbocycles. The molecule has 0 saturated heterocycles. The maximum atomic E-state index is 4.24. The molecule has 86 valence electrons. The van der Waals surface area contributed by atoms with Gasteiger partial charge in [0.1, 0.15) is 4.34 Å². The Balaban J connectivity index is 1.49. The summed E-state index contributed by atoms with van der Waals surface area (Å²) < 4.78 is 1.18. The largest absolute Gasteiger partial charge is 0.312 e. The van der Waals surface area contributed by atoms with Gasteiger partial charge in [-0.2, -0.15) is 0 Å². The summed E-state index contributed by atoms with van der Waals surface area (Å²) in [6, 6.07) is 4.27. The summed E-state index contributed by atoms with van der Waals surface area (Å²) in [4.78, 5) is 5.65. The van der Waals surface area contributed by atoms with E-state index in [1.807, 2.05) is 34.7 Å². The molecule has 5 heteroatoms. The maximum absolute atomic E-state index is 4.24. The van der Waals surface area contributed by atoms with Crippen LogP contribution in [0.3, 0.4) is 0 Å². The summed E-state index contributed by atoms with van der Waals surface area (Å²) in [5.74, 6) is 1.14. The Hall–Kier alpha value is -0.360. The zero-order valence-corrected chi connectivity index (χ0v) is 11.3. The standard InChI is InChI=1S/C11H14N2S3/c1-3-10(14-6-1)9-12-4-2-7-15-11-13-5-8-16-11/h1,3,5-6,8,12H,2,4,7,9H2. The predicted molar refractivity (Wildman–Crippen MR) is 73.5 cm³/mol. The van der Waals surface area contributed by atoms with E-state index < -0.39 is 0 Å². The summed E-state index contributed by atoms with van der Waals surface area (Å²) >= 11 is 5.37. The Morgan fingerprint density at radius 1 is 1.31 bits per heavy atom. The van der Waals surface area contributed by atoms with Crippen LogP contribution in [-0.2, 0) is 6.54 Å². The van der Waals surface area contributed by atoms with Crippen molar-refractivity contribution >= 4 is 34.4 Å². The van der Waals surface area contributed by atoms with Crippen molar-refractivity contribution in [1.29, 1.82) is 0 Å². The Morgan fingerprint density at radius 3 is 3.06 bits per heavy atom. The third-order valence-corrected chi connectivity index (χ3v) is 4.94. The van der Waals surface area contributed by atoms with Gasteiger partial charge < -0.3 is 5.32 Å². The van der Waals surface area contributed by atoms with Crippen LogP contribution in [0, 0.1) is 0 Å². The highest BCUT2D eigenvalue weighted by molar-refractivity contribution is 8.00. The van der Waals surface area contributed by atoms with Crippen LogP contribution in [0.15, 0.2) is 33.4 Å². The van der Waals surface area contributed by atoms with Gasteiger partial charge in [0.25, 0.3) is 0 Å². The molecule has 0 aliphatic rings. The van der Waals surface area contributed by atoms with Crippen molar-refractivity contribution in [3.8, 4) is 0 Å². The van der Waals surface area contributed by atoms with E-state index in [-0.39, 0.29) is 0 Å². The number of nitrogens with zero attached hydrogens (tertiary/aromatic N) is 1. The molecule has 0 bridgehead atoms. The van der Waals surface area contributed by atoms with Gasteiger partial charge in [-0.1, -0.05) is 17.8 Å². The van der Waals surface area contributed by atoms with Gasteiger partial charge in [-0.05, 0) is 24.4 Å². The molecule has 2 rings (SSSR count). The van der Waals surface area contributed by atoms with E-state index in [1.165, 1.54) is 15.6 Å². The summed E-state index contributed by atoms with van der Waals surface area (Å²) in [6.07, 6.45) is 3.05. The van der Waals surface area contributed by atoms with E-state index in [1.54, 1.807) is 11.3 Å². The fourth-order valence-electron chi connectivity index (χ4n) is 1.26. The van der Waals surface area contributed by atoms with Crippen molar-refractivity contribution < 1.29 is 0 Å². The molecule has 16 heavy (non-hydrogen) atoms. The zero-order valence-electron chi connectivity index (χ0n) is 8.89. The molecule has 0 atom stereocenters. The summed E-state index contributed by atoms with van der Waals surface area (Å²) in [5.41, 5.74) is 0. The lowest BCUT2D eigenvalue weighted by Gasteiger charge is -2.01. The van der Waals surface area contributed by atoms with Crippen LogP contribution < -0.4 is 5.32 Å². The van der Waals surface area contributed by atoms with Crippen LogP contribution in [-0.4, -0.2) is 17.3 Å². The van der Waals surface area contributed by atoms with Crippen LogP contribution in [0.25, 0.3) is 0 Å². The normalized spacial score (nSPS) is 10.8. The second kappa shape index (κ2) is 7.06. The van der Waals surface area contributed by atoms with Crippen molar-refractivity contribution in [1.82, 2.24) is 10.3 Å². The van der Waals surface area contributed by atoms with E-state index in [0.717, 1.165) is 18.8 Å². The first kappa shape index (κ1) is 12.1. The van der Waals surface area contributed by atoms with Crippen molar-refractivity contribution in [3.63, 3.8) is 0 Å². The van der Waals surface area contributed by atoms with Gasteiger partial charge in [-0.3, -0.25) is 0 Å². The van der Waals surface area contributed by atoms with E-state index in [0.29, 0.717) is 0 Å². The lowest BCUT2D eigenvalue weighted by Crippen LogP contribution is -2.14. The number of hydrogen-bond donors (Lipinski definition) is 1. The van der Waals surface area contributed by atoms with Gasteiger partial charge in [0.05, 0.1) is 0 Å². The highest BCUT2D eigenvalue weighted by Crippen LogP contribution is 2.20. The lowest BCUT2D eigenvalue weighted by molar-refractivity contribution is 0.685. The topological polar surface area (TPSA) is 24.9 Å². The first-order chi connectivity index (χ1) is 7.95. The average Bonchev–Trinajstić information content (AvgIpc) is 2.96. The molecule has 2 heterocycles. The predicted octanol–water partition coefficient (Wildman–Crippen LogP) is 3.48. The number of thiazole rings is 1. The van der Waals surface area contributed by atoms with E-state index in [9.17, 15) is 0 Å². The van der Waals surface area contributed by atoms with Crippen LogP contribution in [0.5, 0.6) is 0 Å². The third kappa shape index (κ3) is 4.25. The first-order valence-corrected chi connectivity index (χ1v) is 7.95. The average molecular weight is 270 g/mol. The second-order valence-corrected chi connectivity index (χ2v) is 6.53. The van der Waals surface area contributed by atoms with Crippen LogP contribution >= 0.6 is 34.4 Å². The third-order valence-electron chi connectivity index (χ3n) is 2.01. The zero-order chi connectivity index (χ0) is 11.1. The number of nitrogens with one attached hydrogen (secondary N) is 1. The summed E-state index contributed by atoms with van der Waals surface area (Å²) in [5, 5.41) is 7.59. The van der Waals surface area contributed by atoms with Crippen LogP contribution in [0.4, 0.5) is 0 Å². The highest BCUT2D eigenvalue weighted by Gasteiger charge is 1.96. The molecule has 0 amide bonds. The van der Waals surface area contributed by atoms with E-state index in [2.05, 4.69) is 27.8 Å². The van der Waals surface area contributed by atoms with Gasteiger partial charge in [-0.25, -0.2) is 4.98 Å². The van der Waals surface area contributed by atoms with Crippen molar-refractivity contribution in [3.05, 3.63) is 34.0 Å². The smallest absolute Gasteiger partial charge is 0.149 e. The Labute approximate surface area is 108 Å². The highest BCUT2D eigenvalue weighted by atomic mass is 32.2. The number of rotatable bonds is 7. The Kier molecular flexibility index (Phi) is 5.34. The summed E-state index contributed by atoms with van der Waals surface area (Å²) in [6.45, 7) is 2.08. The van der Waals surface area contributed by atoms with Crippen molar-refractivity contribution in [2.75, 3.05) is 12.3 Å². The van der Waals surface area contributed by atoms with Gasteiger partial charge in [0.15, 0.2) is 0 Å². The molecular formula is C11H14N2S3. The van der Waals surface area contributed by atoms with Crippen molar-refractivity contribution in [2.24, 2.45) is 0 Å². The van der Waals surface area contributed by atoms with Crippen LogP contribution in [0.2, 0.25) is 0 Å². The molecule has 0 aliphatic carbocycles. The fourth-order valence-corrected chi connectivity index (χ4v) is 3.58. The second-order valence-electron chi connectivity index (χ2n) is 3.26. The van der Waals surface area contributed by atoms with Crippen LogP contribution in [0.1, 0.15) is 11.3 Å². The Morgan fingerprint density at radius 2 is 2.31 bits per heavy atom. The molecular weight excluding hydrogens is 256 g/mol.